The fraction of sp³-hybridized carbons (Fsp3) is 0.317. The van der Waals surface area contributed by atoms with Gasteiger partial charge >= 0.3 is 0 Å². The Morgan fingerprint density at radius 2 is 1.23 bits per heavy atom. The molecule has 1 N–H and O–H groups in total. The van der Waals surface area contributed by atoms with Crippen molar-refractivity contribution < 1.29 is 4.74 Å². The first kappa shape index (κ1) is 45.2. The van der Waals surface area contributed by atoms with E-state index in [1.807, 2.05) is 12.3 Å². The number of rotatable bonds is 12. The molecule has 5 heteroatoms. The van der Waals surface area contributed by atoms with Crippen LogP contribution >= 0.6 is 0 Å². The normalized spacial score (nSPS) is 12.2. The van der Waals surface area contributed by atoms with Crippen LogP contribution in [0, 0.1) is 6.92 Å². The standard InChI is InChI=1S/C60H68N4O/c1-38(2)43-29-52(39(3)4)58(53(30-43)40(5)6)42-27-28-61-57(31-42)64-55-24-17-15-22-50(55)51-26-25-49(36-56(51)64)65-48-21-18-20-47(35-48)63(54-23-16-14-19-41(54)7)37-62-46-33-44(59(8,9)10)32-45(34-46)60(11,12)13/h14-36,38-40,62H,37H2,1-13H3. The Hall–Kier alpha value is -6.33. The number of benzene rings is 6. The van der Waals surface area contributed by atoms with Crippen LogP contribution in [0.1, 0.15) is 134 Å². The van der Waals surface area contributed by atoms with Gasteiger partial charge in [-0.1, -0.05) is 144 Å². The van der Waals surface area contributed by atoms with Crippen LogP contribution in [-0.4, -0.2) is 16.2 Å². The molecule has 0 unspecified atom stereocenters. The summed E-state index contributed by atoms with van der Waals surface area (Å²) in [5, 5.41) is 6.17. The summed E-state index contributed by atoms with van der Waals surface area (Å²) in [5.74, 6) is 3.61. The SMILES string of the molecule is Cc1ccccc1N(CNc1cc(C(C)(C)C)cc(C(C)(C)C)c1)c1cccc(Oc2ccc3c4ccccc4n(-c4cc(-c5c(C(C)C)cc(C(C)C)cc5C(C)C)ccn4)c3c2)c1. The van der Waals surface area contributed by atoms with E-state index in [0.717, 1.165) is 50.8 Å². The minimum Gasteiger partial charge on any atom is -0.457 e. The molecule has 0 saturated heterocycles. The van der Waals surface area contributed by atoms with Gasteiger partial charge in [0.1, 0.15) is 17.3 Å². The summed E-state index contributed by atoms with van der Waals surface area (Å²) in [5.41, 5.74) is 16.0. The average molecular weight is 861 g/mol. The lowest BCUT2D eigenvalue weighted by molar-refractivity contribution is 0.483. The lowest BCUT2D eigenvalue weighted by Crippen LogP contribution is -2.26. The van der Waals surface area contributed by atoms with E-state index in [4.69, 9.17) is 9.72 Å². The lowest BCUT2D eigenvalue weighted by atomic mass is 9.80. The van der Waals surface area contributed by atoms with Crippen molar-refractivity contribution in [3.8, 4) is 28.4 Å². The number of para-hydroxylation sites is 2. The fourth-order valence-electron chi connectivity index (χ4n) is 9.04. The van der Waals surface area contributed by atoms with Gasteiger partial charge in [-0.3, -0.25) is 4.57 Å². The van der Waals surface area contributed by atoms with Crippen molar-refractivity contribution in [3.05, 3.63) is 173 Å². The van der Waals surface area contributed by atoms with Crippen molar-refractivity contribution in [2.24, 2.45) is 0 Å². The number of fused-ring (bicyclic) bond motifs is 3. The highest BCUT2D eigenvalue weighted by molar-refractivity contribution is 6.09. The molecule has 0 amide bonds. The van der Waals surface area contributed by atoms with E-state index in [1.165, 1.54) is 49.9 Å². The van der Waals surface area contributed by atoms with Gasteiger partial charge in [-0.05, 0) is 141 Å². The summed E-state index contributed by atoms with van der Waals surface area (Å²) in [6.07, 6.45) is 1.97. The van der Waals surface area contributed by atoms with Crippen molar-refractivity contribution in [1.29, 1.82) is 0 Å². The fourth-order valence-corrected chi connectivity index (χ4v) is 9.04. The van der Waals surface area contributed by atoms with Gasteiger partial charge in [0.2, 0.25) is 0 Å². The van der Waals surface area contributed by atoms with Gasteiger partial charge in [-0.25, -0.2) is 4.98 Å². The van der Waals surface area contributed by atoms with Crippen LogP contribution in [0.15, 0.2) is 140 Å². The molecule has 2 aromatic heterocycles. The summed E-state index contributed by atoms with van der Waals surface area (Å²) in [4.78, 5) is 7.41. The zero-order chi connectivity index (χ0) is 46.4. The highest BCUT2D eigenvalue weighted by Crippen LogP contribution is 2.42. The van der Waals surface area contributed by atoms with E-state index >= 15 is 0 Å². The minimum absolute atomic E-state index is 0.0200. The molecule has 5 nitrogen and oxygen atoms in total. The summed E-state index contributed by atoms with van der Waals surface area (Å²) in [6.45, 7) is 30.3. The molecule has 0 aliphatic heterocycles. The number of hydrogen-bond donors (Lipinski definition) is 1. The molecule has 65 heavy (non-hydrogen) atoms. The number of hydrogen-bond acceptors (Lipinski definition) is 4. The number of pyridine rings is 1. The highest BCUT2D eigenvalue weighted by Gasteiger charge is 2.23. The van der Waals surface area contributed by atoms with E-state index < -0.39 is 0 Å². The van der Waals surface area contributed by atoms with Gasteiger partial charge in [0.15, 0.2) is 0 Å². The smallest absolute Gasteiger partial charge is 0.138 e. The molecule has 0 aliphatic carbocycles. The maximum absolute atomic E-state index is 6.83. The molecule has 0 atom stereocenters. The quantitative estimate of drug-likeness (QED) is 0.124. The Morgan fingerprint density at radius 1 is 0.600 bits per heavy atom. The van der Waals surface area contributed by atoms with Gasteiger partial charge in [0.05, 0.1) is 17.7 Å². The molecule has 8 rings (SSSR count). The van der Waals surface area contributed by atoms with E-state index in [0.29, 0.717) is 24.4 Å². The third kappa shape index (κ3) is 9.43. The van der Waals surface area contributed by atoms with Crippen molar-refractivity contribution in [2.75, 3.05) is 16.9 Å². The summed E-state index contributed by atoms with van der Waals surface area (Å²) >= 11 is 0. The van der Waals surface area contributed by atoms with Crippen LogP contribution < -0.4 is 15.0 Å². The van der Waals surface area contributed by atoms with Gasteiger partial charge in [-0.2, -0.15) is 0 Å². The monoisotopic (exact) mass is 861 g/mol. The highest BCUT2D eigenvalue weighted by atomic mass is 16.5. The molecule has 2 heterocycles. The van der Waals surface area contributed by atoms with Crippen molar-refractivity contribution in [2.45, 2.75) is 119 Å². The predicted molar refractivity (Wildman–Crippen MR) is 278 cm³/mol. The van der Waals surface area contributed by atoms with E-state index in [-0.39, 0.29) is 10.8 Å². The van der Waals surface area contributed by atoms with E-state index in [1.54, 1.807) is 0 Å². The number of anilines is 3. The third-order valence-electron chi connectivity index (χ3n) is 12.9. The maximum Gasteiger partial charge on any atom is 0.138 e. The minimum atomic E-state index is 0.0200. The maximum atomic E-state index is 6.83. The first-order chi connectivity index (χ1) is 30.9. The molecule has 6 aromatic carbocycles. The van der Waals surface area contributed by atoms with Gasteiger partial charge in [0.25, 0.3) is 0 Å². The van der Waals surface area contributed by atoms with Crippen LogP contribution in [0.3, 0.4) is 0 Å². The third-order valence-corrected chi connectivity index (χ3v) is 12.9. The first-order valence-electron chi connectivity index (χ1n) is 23.6. The molecule has 0 aliphatic rings. The van der Waals surface area contributed by atoms with Crippen molar-refractivity contribution in [1.82, 2.24) is 9.55 Å². The first-order valence-corrected chi connectivity index (χ1v) is 23.6. The topological polar surface area (TPSA) is 42.3 Å². The zero-order valence-electron chi connectivity index (χ0n) is 41.0. The van der Waals surface area contributed by atoms with Crippen LogP contribution in [0.2, 0.25) is 0 Å². The Bertz CT molecular complexity index is 2930. The summed E-state index contributed by atoms with van der Waals surface area (Å²) < 4.78 is 9.13. The number of ether oxygens (including phenoxy) is 1. The largest absolute Gasteiger partial charge is 0.457 e. The number of aromatic nitrogens is 2. The second kappa shape index (κ2) is 17.9. The lowest BCUT2D eigenvalue weighted by Gasteiger charge is -2.30. The number of aryl methyl sites for hydroxylation is 1. The Kier molecular flexibility index (Phi) is 12.5. The molecule has 0 fully saturated rings. The summed E-state index contributed by atoms with van der Waals surface area (Å²) in [6, 6.07) is 48.4. The predicted octanol–water partition coefficient (Wildman–Crippen LogP) is 17.1. The van der Waals surface area contributed by atoms with Crippen LogP contribution in [0.25, 0.3) is 38.8 Å². The molecule has 8 aromatic rings. The number of nitrogens with one attached hydrogen (secondary N) is 1. The molecule has 334 valence electrons. The Balaban J connectivity index is 1.17. The van der Waals surface area contributed by atoms with Crippen LogP contribution in [-0.2, 0) is 10.8 Å². The average Bonchev–Trinajstić information content (AvgIpc) is 3.59. The number of nitrogens with zero attached hydrogens (tertiary/aromatic N) is 3. The molecular formula is C60H68N4O. The molecular weight excluding hydrogens is 793 g/mol. The van der Waals surface area contributed by atoms with Crippen LogP contribution in [0.4, 0.5) is 17.1 Å². The van der Waals surface area contributed by atoms with Crippen LogP contribution in [0.5, 0.6) is 11.5 Å². The zero-order valence-corrected chi connectivity index (χ0v) is 41.0. The molecule has 0 bridgehead atoms. The second-order valence-corrected chi connectivity index (χ2v) is 20.9. The van der Waals surface area contributed by atoms with Crippen molar-refractivity contribution in [3.63, 3.8) is 0 Å². The Morgan fingerprint density at radius 3 is 1.88 bits per heavy atom. The second-order valence-electron chi connectivity index (χ2n) is 20.9. The van der Waals surface area contributed by atoms with E-state index in [2.05, 4.69) is 232 Å². The van der Waals surface area contributed by atoms with Crippen molar-refractivity contribution >= 4 is 38.9 Å². The van der Waals surface area contributed by atoms with Gasteiger partial charge in [-0.15, -0.1) is 0 Å². The van der Waals surface area contributed by atoms with E-state index in [9.17, 15) is 0 Å². The van der Waals surface area contributed by atoms with Gasteiger partial charge < -0.3 is 15.0 Å². The molecule has 0 radical (unpaired) electrons. The Labute approximate surface area is 388 Å². The van der Waals surface area contributed by atoms with Gasteiger partial charge in [0, 0.05) is 46.2 Å². The molecule has 0 saturated carbocycles. The molecule has 0 spiro atoms. The summed E-state index contributed by atoms with van der Waals surface area (Å²) in [7, 11) is 0.